The standard InChI is InChI=1S/C22H27FN2O2S/c1-24-22-13-17-9-8-16(14-25-28(26,27)19-6-3-7-19)12-20(17)21(22)11-15-4-2-5-18(23)10-15/h2,4-5,8-10,12,19,21-22,24-25H,3,6-7,11,13-14H2,1H3. The van der Waals surface area contributed by atoms with Gasteiger partial charge in [-0.1, -0.05) is 36.8 Å². The third kappa shape index (κ3) is 4.00. The van der Waals surface area contributed by atoms with E-state index in [4.69, 9.17) is 0 Å². The van der Waals surface area contributed by atoms with Gasteiger partial charge in [0.05, 0.1) is 5.25 Å². The van der Waals surface area contributed by atoms with E-state index in [-0.39, 0.29) is 17.0 Å². The predicted octanol–water partition coefficient (Wildman–Crippen LogP) is 3.27. The van der Waals surface area contributed by atoms with Gasteiger partial charge in [0, 0.05) is 18.5 Å². The van der Waals surface area contributed by atoms with Crippen molar-refractivity contribution in [2.45, 2.75) is 55.9 Å². The molecule has 0 radical (unpaired) electrons. The summed E-state index contributed by atoms with van der Waals surface area (Å²) in [5, 5.41) is 3.17. The minimum Gasteiger partial charge on any atom is -0.316 e. The van der Waals surface area contributed by atoms with Crippen molar-refractivity contribution < 1.29 is 12.8 Å². The normalized spacial score (nSPS) is 22.1. The molecule has 0 aliphatic heterocycles. The van der Waals surface area contributed by atoms with Gasteiger partial charge in [0.15, 0.2) is 0 Å². The number of hydrogen-bond acceptors (Lipinski definition) is 3. The van der Waals surface area contributed by atoms with Crippen LogP contribution in [-0.4, -0.2) is 26.8 Å². The summed E-state index contributed by atoms with van der Waals surface area (Å²) in [5.41, 5.74) is 4.48. The Labute approximate surface area is 166 Å². The fourth-order valence-corrected chi connectivity index (χ4v) is 5.90. The molecule has 4 rings (SSSR count). The van der Waals surface area contributed by atoms with E-state index in [1.807, 2.05) is 19.2 Å². The highest BCUT2D eigenvalue weighted by molar-refractivity contribution is 7.90. The highest BCUT2D eigenvalue weighted by Crippen LogP contribution is 2.36. The second-order valence-corrected chi connectivity index (χ2v) is 10.0. The smallest absolute Gasteiger partial charge is 0.214 e. The van der Waals surface area contributed by atoms with E-state index in [0.29, 0.717) is 12.6 Å². The molecule has 2 aliphatic carbocycles. The van der Waals surface area contributed by atoms with Crippen LogP contribution >= 0.6 is 0 Å². The Kier molecular flexibility index (Phi) is 5.54. The highest BCUT2D eigenvalue weighted by Gasteiger charge is 2.33. The molecule has 150 valence electrons. The molecule has 2 aromatic carbocycles. The van der Waals surface area contributed by atoms with Crippen LogP contribution in [0.15, 0.2) is 42.5 Å². The van der Waals surface area contributed by atoms with Crippen LogP contribution in [0, 0.1) is 5.82 Å². The molecule has 28 heavy (non-hydrogen) atoms. The first-order valence-electron chi connectivity index (χ1n) is 9.98. The number of fused-ring (bicyclic) bond motifs is 1. The van der Waals surface area contributed by atoms with Gasteiger partial charge in [0.1, 0.15) is 5.82 Å². The van der Waals surface area contributed by atoms with Gasteiger partial charge in [-0.3, -0.25) is 0 Å². The summed E-state index contributed by atoms with van der Waals surface area (Å²) in [6.45, 7) is 0.322. The van der Waals surface area contributed by atoms with Crippen LogP contribution in [0.25, 0.3) is 0 Å². The Morgan fingerprint density at radius 1 is 1.11 bits per heavy atom. The second kappa shape index (κ2) is 7.93. The zero-order valence-electron chi connectivity index (χ0n) is 16.1. The molecule has 1 saturated carbocycles. The minimum atomic E-state index is -3.22. The Morgan fingerprint density at radius 2 is 1.93 bits per heavy atom. The molecule has 0 aromatic heterocycles. The lowest BCUT2D eigenvalue weighted by Gasteiger charge is -2.25. The fraction of sp³-hybridized carbons (Fsp3) is 0.455. The zero-order chi connectivity index (χ0) is 19.7. The monoisotopic (exact) mass is 402 g/mol. The summed E-state index contributed by atoms with van der Waals surface area (Å²) in [4.78, 5) is 0. The van der Waals surface area contributed by atoms with Crippen molar-refractivity contribution in [3.05, 3.63) is 70.5 Å². The van der Waals surface area contributed by atoms with Crippen LogP contribution in [0.2, 0.25) is 0 Å². The third-order valence-corrected chi connectivity index (χ3v) is 8.12. The van der Waals surface area contributed by atoms with Crippen LogP contribution in [-0.2, 0) is 29.4 Å². The zero-order valence-corrected chi connectivity index (χ0v) is 16.9. The molecule has 0 spiro atoms. The Balaban J connectivity index is 1.53. The van der Waals surface area contributed by atoms with Crippen LogP contribution in [0.4, 0.5) is 4.39 Å². The van der Waals surface area contributed by atoms with Crippen molar-refractivity contribution in [2.24, 2.45) is 0 Å². The van der Waals surface area contributed by atoms with Gasteiger partial charge in [-0.2, -0.15) is 0 Å². The Morgan fingerprint density at radius 3 is 2.61 bits per heavy atom. The fourth-order valence-electron chi connectivity index (χ4n) is 4.34. The first-order valence-corrected chi connectivity index (χ1v) is 11.5. The van der Waals surface area contributed by atoms with Crippen LogP contribution in [0.5, 0.6) is 0 Å². The molecule has 2 atom stereocenters. The largest absolute Gasteiger partial charge is 0.316 e. The molecule has 1 fully saturated rings. The number of sulfonamides is 1. The van der Waals surface area contributed by atoms with E-state index < -0.39 is 10.0 Å². The molecule has 0 amide bonds. The van der Waals surface area contributed by atoms with Crippen molar-refractivity contribution >= 4 is 10.0 Å². The molecule has 2 aliphatic rings. The average Bonchev–Trinajstić information content (AvgIpc) is 2.95. The summed E-state index contributed by atoms with van der Waals surface area (Å²) in [6.07, 6.45) is 4.21. The average molecular weight is 403 g/mol. The summed E-state index contributed by atoms with van der Waals surface area (Å²) >= 11 is 0. The molecule has 0 bridgehead atoms. The molecule has 2 unspecified atom stereocenters. The van der Waals surface area contributed by atoms with Crippen molar-refractivity contribution in [3.8, 4) is 0 Å². The van der Waals surface area contributed by atoms with Crippen molar-refractivity contribution in [2.75, 3.05) is 7.05 Å². The second-order valence-electron chi connectivity index (χ2n) is 7.99. The SMILES string of the molecule is CNC1Cc2ccc(CNS(=O)(=O)C3CCC3)cc2C1Cc1cccc(F)c1. The third-order valence-electron chi connectivity index (χ3n) is 6.22. The molecular formula is C22H27FN2O2S. The first kappa shape index (κ1) is 19.6. The molecule has 6 heteroatoms. The van der Waals surface area contributed by atoms with Gasteiger partial charge in [-0.25, -0.2) is 17.5 Å². The Bertz CT molecular complexity index is 957. The van der Waals surface area contributed by atoms with Crippen molar-refractivity contribution in [3.63, 3.8) is 0 Å². The number of rotatable bonds is 7. The molecule has 0 saturated heterocycles. The maximum absolute atomic E-state index is 13.6. The van der Waals surface area contributed by atoms with Gasteiger partial charge in [0.2, 0.25) is 10.0 Å². The van der Waals surface area contributed by atoms with Crippen LogP contribution < -0.4 is 10.0 Å². The minimum absolute atomic E-state index is 0.212. The Hall–Kier alpha value is -1.76. The van der Waals surface area contributed by atoms with Gasteiger partial charge < -0.3 is 5.32 Å². The van der Waals surface area contributed by atoms with E-state index in [0.717, 1.165) is 43.2 Å². The summed E-state index contributed by atoms with van der Waals surface area (Å²) in [6, 6.07) is 13.3. The lowest BCUT2D eigenvalue weighted by molar-refractivity contribution is 0.469. The first-order chi connectivity index (χ1) is 13.5. The maximum atomic E-state index is 13.6. The van der Waals surface area contributed by atoms with Crippen molar-refractivity contribution in [1.29, 1.82) is 0 Å². The van der Waals surface area contributed by atoms with E-state index >= 15 is 0 Å². The highest BCUT2D eigenvalue weighted by atomic mass is 32.2. The number of likely N-dealkylation sites (N-methyl/N-ethyl adjacent to an activating group) is 1. The van der Waals surface area contributed by atoms with E-state index in [9.17, 15) is 12.8 Å². The maximum Gasteiger partial charge on any atom is 0.214 e. The summed E-state index contributed by atoms with van der Waals surface area (Å²) < 4.78 is 41.0. The van der Waals surface area contributed by atoms with Gasteiger partial charge in [-0.15, -0.1) is 0 Å². The van der Waals surface area contributed by atoms with Crippen LogP contribution in [0.3, 0.4) is 0 Å². The molecular weight excluding hydrogens is 375 g/mol. The molecule has 0 heterocycles. The molecule has 2 aromatic rings. The number of hydrogen-bond donors (Lipinski definition) is 2. The molecule has 2 N–H and O–H groups in total. The van der Waals surface area contributed by atoms with Crippen molar-refractivity contribution in [1.82, 2.24) is 10.0 Å². The number of nitrogens with one attached hydrogen (secondary N) is 2. The quantitative estimate of drug-likeness (QED) is 0.747. The van der Waals surface area contributed by atoms with E-state index in [2.05, 4.69) is 22.2 Å². The lowest BCUT2D eigenvalue weighted by atomic mass is 9.90. The van der Waals surface area contributed by atoms with Crippen LogP contribution in [0.1, 0.15) is 47.4 Å². The van der Waals surface area contributed by atoms with E-state index in [1.165, 1.54) is 17.2 Å². The topological polar surface area (TPSA) is 58.2 Å². The lowest BCUT2D eigenvalue weighted by Crippen LogP contribution is -2.38. The van der Waals surface area contributed by atoms with Gasteiger partial charge >= 0.3 is 0 Å². The predicted molar refractivity (Wildman–Crippen MR) is 109 cm³/mol. The van der Waals surface area contributed by atoms with Gasteiger partial charge in [-0.05, 0) is 67.1 Å². The number of benzene rings is 2. The van der Waals surface area contributed by atoms with E-state index in [1.54, 1.807) is 12.1 Å². The summed E-state index contributed by atoms with van der Waals surface area (Å²) in [5.74, 6) is 0.0286. The summed E-state index contributed by atoms with van der Waals surface area (Å²) in [7, 11) is -1.26. The van der Waals surface area contributed by atoms with Gasteiger partial charge in [0.25, 0.3) is 0 Å². The number of halogens is 1. The molecule has 4 nitrogen and oxygen atoms in total.